The number of aliphatic hydroxyl groups excluding tert-OH is 1. The number of amides is 1. The summed E-state index contributed by atoms with van der Waals surface area (Å²) >= 11 is 1.05. The first-order chi connectivity index (χ1) is 10.9. The number of carboxylic acid groups (broad SMARTS) is 1. The summed E-state index contributed by atoms with van der Waals surface area (Å²) in [6.07, 6.45) is 0. The predicted molar refractivity (Wildman–Crippen MR) is 83.3 cm³/mol. The van der Waals surface area contributed by atoms with Crippen LogP contribution in [0.1, 0.15) is 0 Å². The van der Waals surface area contributed by atoms with E-state index < -0.39 is 11.9 Å². The summed E-state index contributed by atoms with van der Waals surface area (Å²) in [6.45, 7) is 0.472. The van der Waals surface area contributed by atoms with Gasteiger partial charge >= 0.3 is 11.9 Å². The molecule has 0 unspecified atom stereocenters. The molecule has 2 rings (SSSR count). The minimum Gasteiger partial charge on any atom is -0.504 e. The van der Waals surface area contributed by atoms with E-state index in [0.29, 0.717) is 17.8 Å². The molecule has 1 heterocycles. The van der Waals surface area contributed by atoms with Crippen molar-refractivity contribution in [1.29, 1.82) is 0 Å². The number of hydrogen-bond acceptors (Lipinski definition) is 8. The van der Waals surface area contributed by atoms with Crippen LogP contribution in [0.3, 0.4) is 0 Å². The van der Waals surface area contributed by atoms with Gasteiger partial charge in [0, 0.05) is 17.5 Å². The number of nitrogens with zero attached hydrogens (tertiary/aromatic N) is 1. The third-order valence-corrected chi connectivity index (χ3v) is 3.08. The van der Waals surface area contributed by atoms with E-state index in [1.54, 1.807) is 5.38 Å². The van der Waals surface area contributed by atoms with Gasteiger partial charge in [-0.05, 0) is 18.2 Å². The molecule has 0 saturated heterocycles. The number of rotatable bonds is 3. The normalized spacial score (nSPS) is 9.65. The van der Waals surface area contributed by atoms with Gasteiger partial charge in [-0.1, -0.05) is 0 Å². The van der Waals surface area contributed by atoms with E-state index in [9.17, 15) is 19.8 Å². The number of benzene rings is 1. The number of hydrogen-bond donors (Lipinski definition) is 6. The van der Waals surface area contributed by atoms with Crippen molar-refractivity contribution in [3.8, 4) is 22.8 Å². The zero-order chi connectivity index (χ0) is 17.4. The van der Waals surface area contributed by atoms with Gasteiger partial charge in [0.2, 0.25) is 0 Å². The Hall–Kier alpha value is -2.69. The van der Waals surface area contributed by atoms with Crippen LogP contribution in [0.15, 0.2) is 23.6 Å². The molecule has 1 aromatic heterocycles. The molecule has 1 aromatic carbocycles. The Kier molecular flexibility index (Phi) is 6.93. The van der Waals surface area contributed by atoms with E-state index in [2.05, 4.69) is 10.3 Å². The Morgan fingerprint density at radius 1 is 1.26 bits per heavy atom. The number of phenolic OH excluding ortho intramolecular Hbond substituents is 2. The number of thiazole rings is 1. The van der Waals surface area contributed by atoms with Crippen molar-refractivity contribution in [2.24, 2.45) is 5.73 Å². The minimum absolute atomic E-state index is 0.0972. The quantitative estimate of drug-likeness (QED) is 0.340. The molecule has 0 spiro atoms. The average molecular weight is 341 g/mol. The summed E-state index contributed by atoms with van der Waals surface area (Å²) < 4.78 is 0. The van der Waals surface area contributed by atoms with E-state index >= 15 is 0 Å². The van der Waals surface area contributed by atoms with Crippen LogP contribution in [0, 0.1) is 0 Å². The van der Waals surface area contributed by atoms with Crippen LogP contribution >= 0.6 is 11.3 Å². The van der Waals surface area contributed by atoms with Crippen molar-refractivity contribution in [3.05, 3.63) is 23.6 Å². The number of anilines is 1. The fourth-order valence-electron chi connectivity index (χ4n) is 1.30. The number of aromatic nitrogens is 1. The zero-order valence-corrected chi connectivity index (χ0v) is 12.6. The number of aromatic hydroxyl groups is 2. The molecule has 23 heavy (non-hydrogen) atoms. The van der Waals surface area contributed by atoms with Gasteiger partial charge in [-0.25, -0.2) is 9.78 Å². The second-order valence-corrected chi connectivity index (χ2v) is 4.87. The van der Waals surface area contributed by atoms with Gasteiger partial charge in [0.15, 0.2) is 16.6 Å². The van der Waals surface area contributed by atoms with Crippen LogP contribution in [0.4, 0.5) is 5.13 Å². The zero-order valence-electron chi connectivity index (χ0n) is 11.8. The average Bonchev–Trinajstić information content (AvgIpc) is 2.98. The molecule has 9 nitrogen and oxygen atoms in total. The molecule has 0 aliphatic heterocycles. The van der Waals surface area contributed by atoms with Crippen molar-refractivity contribution in [2.45, 2.75) is 0 Å². The van der Waals surface area contributed by atoms with Gasteiger partial charge < -0.3 is 26.2 Å². The molecule has 124 valence electrons. The standard InChI is InChI=1S/C11H8N2O5S.C2H7NO/c14-7-2-1-5(3-8(7)15)6-4-19-11(12-6)13-9(16)10(17)18;3-1-2-4/h1-4,14-15H,(H,17,18)(H,12,13,16);4H,1-3H2. The van der Waals surface area contributed by atoms with Crippen LogP contribution in [0.5, 0.6) is 11.5 Å². The number of carboxylic acids is 1. The topological polar surface area (TPSA) is 166 Å². The third kappa shape index (κ3) is 5.54. The first kappa shape index (κ1) is 18.4. The lowest BCUT2D eigenvalue weighted by Gasteiger charge is -2.00. The Bertz CT molecular complexity index is 686. The fourth-order valence-corrected chi connectivity index (χ4v) is 2.01. The second-order valence-electron chi connectivity index (χ2n) is 4.01. The highest BCUT2D eigenvalue weighted by Crippen LogP contribution is 2.31. The summed E-state index contributed by atoms with van der Waals surface area (Å²) in [5, 5.41) is 38.6. The lowest BCUT2D eigenvalue weighted by Crippen LogP contribution is -2.21. The Morgan fingerprint density at radius 2 is 1.91 bits per heavy atom. The molecule has 1 amide bonds. The fraction of sp³-hybridized carbons (Fsp3) is 0.154. The minimum atomic E-state index is -1.60. The largest absolute Gasteiger partial charge is 0.504 e. The maximum atomic E-state index is 10.9. The van der Waals surface area contributed by atoms with E-state index in [1.807, 2.05) is 0 Å². The Morgan fingerprint density at radius 3 is 2.43 bits per heavy atom. The monoisotopic (exact) mass is 341 g/mol. The molecule has 10 heteroatoms. The summed E-state index contributed by atoms with van der Waals surface area (Å²) in [5.74, 6) is -3.31. The number of carbonyl (C=O) groups is 2. The molecule has 0 bridgehead atoms. The summed E-state index contributed by atoms with van der Waals surface area (Å²) in [6, 6.07) is 4.15. The molecule has 0 fully saturated rings. The SMILES string of the molecule is NCCO.O=C(O)C(=O)Nc1nc(-c2ccc(O)c(O)c2)cs1. The van der Waals surface area contributed by atoms with Gasteiger partial charge in [0.25, 0.3) is 0 Å². The molecule has 0 saturated carbocycles. The number of phenols is 2. The number of carbonyl (C=O) groups excluding carboxylic acids is 1. The lowest BCUT2D eigenvalue weighted by molar-refractivity contribution is -0.147. The van der Waals surface area contributed by atoms with Crippen LogP contribution in [-0.2, 0) is 9.59 Å². The summed E-state index contributed by atoms with van der Waals surface area (Å²) in [4.78, 5) is 25.3. The van der Waals surface area contributed by atoms with Crippen molar-refractivity contribution >= 4 is 28.3 Å². The first-order valence-corrected chi connectivity index (χ1v) is 7.10. The Balaban J connectivity index is 0.000000593. The van der Waals surface area contributed by atoms with Crippen molar-refractivity contribution in [2.75, 3.05) is 18.5 Å². The summed E-state index contributed by atoms with van der Waals surface area (Å²) in [7, 11) is 0. The third-order valence-electron chi connectivity index (χ3n) is 2.32. The number of aliphatic hydroxyl groups is 1. The van der Waals surface area contributed by atoms with Crippen LogP contribution < -0.4 is 11.1 Å². The highest BCUT2D eigenvalue weighted by atomic mass is 32.1. The van der Waals surface area contributed by atoms with Crippen LogP contribution in [-0.4, -0.2) is 50.4 Å². The Labute approximate surface area is 134 Å². The van der Waals surface area contributed by atoms with E-state index in [1.165, 1.54) is 18.2 Å². The van der Waals surface area contributed by atoms with E-state index in [0.717, 1.165) is 11.3 Å². The van der Waals surface area contributed by atoms with Gasteiger partial charge in [-0.2, -0.15) is 0 Å². The van der Waals surface area contributed by atoms with Gasteiger partial charge in [0.1, 0.15) is 0 Å². The maximum Gasteiger partial charge on any atom is 0.394 e. The van der Waals surface area contributed by atoms with Crippen molar-refractivity contribution < 1.29 is 30.0 Å². The summed E-state index contributed by atoms with van der Waals surface area (Å²) in [5.41, 5.74) is 5.75. The van der Waals surface area contributed by atoms with Gasteiger partial charge in [-0.15, -0.1) is 11.3 Å². The lowest BCUT2D eigenvalue weighted by atomic mass is 10.1. The number of aliphatic carboxylic acids is 1. The van der Waals surface area contributed by atoms with E-state index in [4.69, 9.17) is 15.9 Å². The van der Waals surface area contributed by atoms with Crippen LogP contribution in [0.2, 0.25) is 0 Å². The van der Waals surface area contributed by atoms with E-state index in [-0.39, 0.29) is 23.2 Å². The highest BCUT2D eigenvalue weighted by molar-refractivity contribution is 7.14. The molecular weight excluding hydrogens is 326 g/mol. The van der Waals surface area contributed by atoms with Crippen molar-refractivity contribution in [1.82, 2.24) is 4.98 Å². The smallest absolute Gasteiger partial charge is 0.394 e. The van der Waals surface area contributed by atoms with Gasteiger partial charge in [0.05, 0.1) is 12.3 Å². The molecule has 0 radical (unpaired) electrons. The molecule has 0 aliphatic rings. The van der Waals surface area contributed by atoms with Crippen LogP contribution in [0.25, 0.3) is 11.3 Å². The second kappa shape index (κ2) is 8.68. The predicted octanol–water partition coefficient (Wildman–Crippen LogP) is 0.182. The number of nitrogens with two attached hydrogens (primary N) is 1. The first-order valence-electron chi connectivity index (χ1n) is 6.22. The number of nitrogens with one attached hydrogen (secondary N) is 1. The molecule has 0 aliphatic carbocycles. The molecule has 2 aromatic rings. The van der Waals surface area contributed by atoms with Gasteiger partial charge in [-0.3, -0.25) is 10.1 Å². The molecule has 0 atom stereocenters. The molecular formula is C13H15N3O6S. The van der Waals surface area contributed by atoms with Crippen molar-refractivity contribution in [3.63, 3.8) is 0 Å². The molecule has 7 N–H and O–H groups in total. The maximum absolute atomic E-state index is 10.9. The highest BCUT2D eigenvalue weighted by Gasteiger charge is 2.14.